The molecule has 3 nitrogen and oxygen atoms in total. The lowest BCUT2D eigenvalue weighted by Crippen LogP contribution is -2.29. The summed E-state index contributed by atoms with van der Waals surface area (Å²) >= 11 is 0. The fraction of sp³-hybridized carbons (Fsp3) is 0.533. The second-order valence-electron chi connectivity index (χ2n) is 4.75. The van der Waals surface area contributed by atoms with Crippen molar-refractivity contribution in [1.82, 2.24) is 5.32 Å². The lowest BCUT2D eigenvalue weighted by atomic mass is 10.1. The van der Waals surface area contributed by atoms with Crippen LogP contribution >= 0.6 is 0 Å². The predicted molar refractivity (Wildman–Crippen MR) is 76.9 cm³/mol. The standard InChI is InChI=1S/C15H24N2O/c1-4-5-6-9-16-11-15(18)17-14-8-7-12(2)10-13(14)3/h7-8,10,16H,4-6,9,11H2,1-3H3,(H,17,18). The Hall–Kier alpha value is -1.35. The summed E-state index contributed by atoms with van der Waals surface area (Å²) in [5.41, 5.74) is 3.22. The maximum atomic E-state index is 11.7. The number of hydrogen-bond acceptors (Lipinski definition) is 2. The van der Waals surface area contributed by atoms with Crippen molar-refractivity contribution < 1.29 is 4.79 Å². The lowest BCUT2D eigenvalue weighted by Gasteiger charge is -2.09. The number of nitrogens with one attached hydrogen (secondary N) is 2. The molecule has 0 heterocycles. The monoisotopic (exact) mass is 248 g/mol. The smallest absolute Gasteiger partial charge is 0.238 e. The van der Waals surface area contributed by atoms with Crippen LogP contribution in [0.5, 0.6) is 0 Å². The van der Waals surface area contributed by atoms with Gasteiger partial charge in [-0.2, -0.15) is 0 Å². The highest BCUT2D eigenvalue weighted by atomic mass is 16.1. The van der Waals surface area contributed by atoms with Crippen LogP contribution in [0.1, 0.15) is 37.3 Å². The summed E-state index contributed by atoms with van der Waals surface area (Å²) in [4.78, 5) is 11.7. The van der Waals surface area contributed by atoms with Crippen molar-refractivity contribution in [2.75, 3.05) is 18.4 Å². The number of benzene rings is 1. The molecule has 18 heavy (non-hydrogen) atoms. The molecule has 1 rings (SSSR count). The van der Waals surface area contributed by atoms with E-state index in [1.807, 2.05) is 26.0 Å². The highest BCUT2D eigenvalue weighted by molar-refractivity contribution is 5.92. The van der Waals surface area contributed by atoms with Gasteiger partial charge in [-0.15, -0.1) is 0 Å². The molecule has 1 amide bonds. The number of anilines is 1. The van der Waals surface area contributed by atoms with Crippen LogP contribution in [-0.4, -0.2) is 19.0 Å². The number of amides is 1. The fourth-order valence-electron chi connectivity index (χ4n) is 1.85. The molecule has 0 aromatic heterocycles. The first-order chi connectivity index (χ1) is 8.63. The van der Waals surface area contributed by atoms with Crippen molar-refractivity contribution in [2.45, 2.75) is 40.0 Å². The third kappa shape index (κ3) is 5.32. The summed E-state index contributed by atoms with van der Waals surface area (Å²) in [5.74, 6) is 0.0263. The van der Waals surface area contributed by atoms with E-state index in [-0.39, 0.29) is 5.91 Å². The van der Waals surface area contributed by atoms with Gasteiger partial charge in [0.1, 0.15) is 0 Å². The number of unbranched alkanes of at least 4 members (excludes halogenated alkanes) is 2. The van der Waals surface area contributed by atoms with Crippen LogP contribution in [0.4, 0.5) is 5.69 Å². The summed E-state index contributed by atoms with van der Waals surface area (Å²) in [6.45, 7) is 7.53. The van der Waals surface area contributed by atoms with E-state index in [0.29, 0.717) is 6.54 Å². The van der Waals surface area contributed by atoms with Crippen molar-refractivity contribution >= 4 is 11.6 Å². The number of hydrogen-bond donors (Lipinski definition) is 2. The van der Waals surface area contributed by atoms with Crippen LogP contribution in [0.15, 0.2) is 18.2 Å². The molecule has 0 fully saturated rings. The van der Waals surface area contributed by atoms with E-state index in [2.05, 4.69) is 23.6 Å². The van der Waals surface area contributed by atoms with Gasteiger partial charge in [-0.1, -0.05) is 37.5 Å². The average molecular weight is 248 g/mol. The Morgan fingerprint density at radius 3 is 2.67 bits per heavy atom. The molecular weight excluding hydrogens is 224 g/mol. The molecule has 0 aliphatic rings. The molecule has 3 heteroatoms. The van der Waals surface area contributed by atoms with Gasteiger partial charge in [0.15, 0.2) is 0 Å². The minimum atomic E-state index is 0.0263. The normalized spacial score (nSPS) is 10.4. The van der Waals surface area contributed by atoms with E-state index < -0.39 is 0 Å². The molecule has 2 N–H and O–H groups in total. The van der Waals surface area contributed by atoms with Gasteiger partial charge in [0.25, 0.3) is 0 Å². The predicted octanol–water partition coefficient (Wildman–Crippen LogP) is 3.02. The van der Waals surface area contributed by atoms with Crippen LogP contribution in [-0.2, 0) is 4.79 Å². The van der Waals surface area contributed by atoms with Gasteiger partial charge in [-0.3, -0.25) is 4.79 Å². The first-order valence-corrected chi connectivity index (χ1v) is 6.71. The Balaban J connectivity index is 2.31. The summed E-state index contributed by atoms with van der Waals surface area (Å²) < 4.78 is 0. The number of carbonyl (C=O) groups is 1. The zero-order chi connectivity index (χ0) is 13.4. The SMILES string of the molecule is CCCCCNCC(=O)Nc1ccc(C)cc1C. The van der Waals surface area contributed by atoms with Crippen LogP contribution in [0, 0.1) is 13.8 Å². The molecule has 0 spiro atoms. The first kappa shape index (κ1) is 14.7. The molecular formula is C15H24N2O. The zero-order valence-electron chi connectivity index (χ0n) is 11.7. The maximum absolute atomic E-state index is 11.7. The number of rotatable bonds is 7. The molecule has 0 radical (unpaired) electrons. The second-order valence-corrected chi connectivity index (χ2v) is 4.75. The molecule has 0 aliphatic carbocycles. The lowest BCUT2D eigenvalue weighted by molar-refractivity contribution is -0.115. The summed E-state index contributed by atoms with van der Waals surface area (Å²) in [6.07, 6.45) is 3.55. The van der Waals surface area contributed by atoms with Crippen molar-refractivity contribution in [3.63, 3.8) is 0 Å². The second kappa shape index (κ2) is 7.88. The molecule has 0 saturated heterocycles. The number of carbonyl (C=O) groups excluding carboxylic acids is 1. The van der Waals surface area contributed by atoms with Crippen LogP contribution in [0.2, 0.25) is 0 Å². The van der Waals surface area contributed by atoms with Gasteiger partial charge in [0, 0.05) is 5.69 Å². The fourth-order valence-corrected chi connectivity index (χ4v) is 1.85. The third-order valence-electron chi connectivity index (χ3n) is 2.90. The molecule has 0 unspecified atom stereocenters. The minimum Gasteiger partial charge on any atom is -0.325 e. The Labute approximate surface area is 110 Å². The van der Waals surface area contributed by atoms with Gasteiger partial charge >= 0.3 is 0 Å². The molecule has 0 atom stereocenters. The highest BCUT2D eigenvalue weighted by Gasteiger charge is 2.03. The summed E-state index contributed by atoms with van der Waals surface area (Å²) in [7, 11) is 0. The Morgan fingerprint density at radius 1 is 1.22 bits per heavy atom. The zero-order valence-corrected chi connectivity index (χ0v) is 11.7. The molecule has 0 aliphatic heterocycles. The molecule has 0 saturated carbocycles. The first-order valence-electron chi connectivity index (χ1n) is 6.71. The van der Waals surface area contributed by atoms with E-state index in [1.54, 1.807) is 0 Å². The molecule has 100 valence electrons. The average Bonchev–Trinajstić information content (AvgIpc) is 2.32. The Kier molecular flexibility index (Phi) is 6.44. The van der Waals surface area contributed by atoms with Crippen molar-refractivity contribution in [2.24, 2.45) is 0 Å². The Bertz CT molecular complexity index is 388. The van der Waals surface area contributed by atoms with E-state index in [0.717, 1.165) is 24.2 Å². The topological polar surface area (TPSA) is 41.1 Å². The third-order valence-corrected chi connectivity index (χ3v) is 2.90. The minimum absolute atomic E-state index is 0.0263. The van der Waals surface area contributed by atoms with Gasteiger partial charge in [-0.05, 0) is 38.4 Å². The van der Waals surface area contributed by atoms with Gasteiger partial charge in [-0.25, -0.2) is 0 Å². The molecule has 1 aromatic carbocycles. The highest BCUT2D eigenvalue weighted by Crippen LogP contribution is 2.15. The van der Waals surface area contributed by atoms with Crippen molar-refractivity contribution in [3.05, 3.63) is 29.3 Å². The Morgan fingerprint density at radius 2 is 2.00 bits per heavy atom. The molecule has 1 aromatic rings. The summed E-state index contributed by atoms with van der Waals surface area (Å²) in [6, 6.07) is 6.04. The van der Waals surface area contributed by atoms with Gasteiger partial charge in [0.2, 0.25) is 5.91 Å². The largest absolute Gasteiger partial charge is 0.325 e. The number of aryl methyl sites for hydroxylation is 2. The van der Waals surface area contributed by atoms with Crippen LogP contribution in [0.3, 0.4) is 0 Å². The van der Waals surface area contributed by atoms with E-state index in [1.165, 1.54) is 18.4 Å². The van der Waals surface area contributed by atoms with E-state index in [9.17, 15) is 4.79 Å². The molecule has 0 bridgehead atoms. The summed E-state index contributed by atoms with van der Waals surface area (Å²) in [5, 5.41) is 6.09. The van der Waals surface area contributed by atoms with Crippen molar-refractivity contribution in [1.29, 1.82) is 0 Å². The van der Waals surface area contributed by atoms with E-state index >= 15 is 0 Å². The maximum Gasteiger partial charge on any atom is 0.238 e. The van der Waals surface area contributed by atoms with Crippen LogP contribution < -0.4 is 10.6 Å². The van der Waals surface area contributed by atoms with Crippen molar-refractivity contribution in [3.8, 4) is 0 Å². The quantitative estimate of drug-likeness (QED) is 0.728. The van der Waals surface area contributed by atoms with Gasteiger partial charge < -0.3 is 10.6 Å². The van der Waals surface area contributed by atoms with E-state index in [4.69, 9.17) is 0 Å². The van der Waals surface area contributed by atoms with Gasteiger partial charge in [0.05, 0.1) is 6.54 Å². The van der Waals surface area contributed by atoms with Crippen LogP contribution in [0.25, 0.3) is 0 Å².